The molecule has 1 saturated heterocycles. The third-order valence-corrected chi connectivity index (χ3v) is 2.26. The van der Waals surface area contributed by atoms with Gasteiger partial charge in [0, 0.05) is 11.8 Å². The molecule has 0 bridgehead atoms. The van der Waals surface area contributed by atoms with E-state index in [1.165, 1.54) is 6.33 Å². The van der Waals surface area contributed by atoms with Crippen molar-refractivity contribution >= 4 is 0 Å². The molecule has 1 aromatic heterocycles. The van der Waals surface area contributed by atoms with Gasteiger partial charge in [-0.25, -0.2) is 9.97 Å². The summed E-state index contributed by atoms with van der Waals surface area (Å²) in [5.41, 5.74) is 0.883. The SMILES string of the molecule is Cc1cc(OCC2COC(C)(C)O2)ncn1. The summed E-state index contributed by atoms with van der Waals surface area (Å²) in [6.45, 7) is 6.67. The normalized spacial score (nSPS) is 23.3. The Kier molecular flexibility index (Phi) is 3.07. The number of hydrogen-bond acceptors (Lipinski definition) is 5. The number of nitrogens with zero attached hydrogens (tertiary/aromatic N) is 2. The molecule has 88 valence electrons. The minimum Gasteiger partial charge on any atom is -0.475 e. The van der Waals surface area contributed by atoms with E-state index >= 15 is 0 Å². The zero-order valence-electron chi connectivity index (χ0n) is 9.77. The first kappa shape index (κ1) is 11.3. The van der Waals surface area contributed by atoms with E-state index in [-0.39, 0.29) is 6.10 Å². The monoisotopic (exact) mass is 224 g/mol. The van der Waals surface area contributed by atoms with Crippen molar-refractivity contribution in [3.05, 3.63) is 18.1 Å². The highest BCUT2D eigenvalue weighted by Crippen LogP contribution is 2.22. The largest absolute Gasteiger partial charge is 0.475 e. The Morgan fingerprint density at radius 1 is 1.50 bits per heavy atom. The number of ether oxygens (including phenoxy) is 3. The van der Waals surface area contributed by atoms with Crippen molar-refractivity contribution in [3.8, 4) is 5.88 Å². The molecular formula is C11H16N2O3. The van der Waals surface area contributed by atoms with E-state index in [4.69, 9.17) is 14.2 Å². The van der Waals surface area contributed by atoms with Crippen molar-refractivity contribution in [2.75, 3.05) is 13.2 Å². The molecule has 1 aliphatic rings. The van der Waals surface area contributed by atoms with Crippen LogP contribution in [0.3, 0.4) is 0 Å². The van der Waals surface area contributed by atoms with E-state index in [1.807, 2.05) is 20.8 Å². The molecule has 16 heavy (non-hydrogen) atoms. The van der Waals surface area contributed by atoms with Crippen molar-refractivity contribution in [2.45, 2.75) is 32.7 Å². The Bertz CT molecular complexity index is 368. The molecule has 1 fully saturated rings. The second kappa shape index (κ2) is 4.35. The lowest BCUT2D eigenvalue weighted by Gasteiger charge is -2.17. The van der Waals surface area contributed by atoms with E-state index in [1.54, 1.807) is 6.07 Å². The molecule has 0 spiro atoms. The van der Waals surface area contributed by atoms with Gasteiger partial charge in [-0.05, 0) is 20.8 Å². The number of hydrogen-bond donors (Lipinski definition) is 0. The maximum absolute atomic E-state index is 5.61. The van der Waals surface area contributed by atoms with Gasteiger partial charge in [-0.15, -0.1) is 0 Å². The molecule has 0 amide bonds. The molecule has 2 rings (SSSR count). The van der Waals surface area contributed by atoms with Gasteiger partial charge in [0.15, 0.2) is 5.79 Å². The molecule has 0 aromatic carbocycles. The van der Waals surface area contributed by atoms with Crippen molar-refractivity contribution in [2.24, 2.45) is 0 Å². The van der Waals surface area contributed by atoms with Crippen LogP contribution in [-0.2, 0) is 9.47 Å². The van der Waals surface area contributed by atoms with Crippen molar-refractivity contribution in [3.63, 3.8) is 0 Å². The van der Waals surface area contributed by atoms with E-state index in [0.717, 1.165) is 5.69 Å². The van der Waals surface area contributed by atoms with Crippen LogP contribution in [0, 0.1) is 6.92 Å². The molecule has 2 heterocycles. The van der Waals surface area contributed by atoms with E-state index in [0.29, 0.717) is 19.1 Å². The lowest BCUT2D eigenvalue weighted by molar-refractivity contribution is -0.141. The number of rotatable bonds is 3. The molecule has 0 saturated carbocycles. The summed E-state index contributed by atoms with van der Waals surface area (Å²) < 4.78 is 16.5. The van der Waals surface area contributed by atoms with Crippen molar-refractivity contribution < 1.29 is 14.2 Å². The fourth-order valence-corrected chi connectivity index (χ4v) is 1.53. The van der Waals surface area contributed by atoms with Gasteiger partial charge < -0.3 is 14.2 Å². The molecule has 0 radical (unpaired) electrons. The molecule has 5 heteroatoms. The summed E-state index contributed by atoms with van der Waals surface area (Å²) in [5.74, 6) is 0.0658. The van der Waals surface area contributed by atoms with Crippen LogP contribution >= 0.6 is 0 Å². The van der Waals surface area contributed by atoms with Crippen molar-refractivity contribution in [1.82, 2.24) is 9.97 Å². The summed E-state index contributed by atoms with van der Waals surface area (Å²) >= 11 is 0. The molecule has 1 unspecified atom stereocenters. The van der Waals surface area contributed by atoms with Crippen LogP contribution in [0.2, 0.25) is 0 Å². The Morgan fingerprint density at radius 2 is 2.31 bits per heavy atom. The second-order valence-electron chi connectivity index (χ2n) is 4.26. The third kappa shape index (κ3) is 2.90. The smallest absolute Gasteiger partial charge is 0.216 e. The highest BCUT2D eigenvalue weighted by atomic mass is 16.7. The summed E-state index contributed by atoms with van der Waals surface area (Å²) in [6, 6.07) is 1.79. The minimum absolute atomic E-state index is 0.0368. The molecule has 5 nitrogen and oxygen atoms in total. The zero-order valence-corrected chi connectivity index (χ0v) is 9.77. The highest BCUT2D eigenvalue weighted by molar-refractivity contribution is 5.11. The van der Waals surface area contributed by atoms with Gasteiger partial charge >= 0.3 is 0 Å². The van der Waals surface area contributed by atoms with Crippen LogP contribution in [0.5, 0.6) is 5.88 Å². The molecule has 0 N–H and O–H groups in total. The Labute approximate surface area is 94.8 Å². The number of aromatic nitrogens is 2. The standard InChI is InChI=1S/C11H16N2O3/c1-8-4-10(13-7-12-8)14-5-9-6-15-11(2,3)16-9/h4,7,9H,5-6H2,1-3H3. The number of aryl methyl sites for hydroxylation is 1. The average Bonchev–Trinajstić information content (AvgIpc) is 2.56. The van der Waals surface area contributed by atoms with Gasteiger partial charge in [-0.3, -0.25) is 0 Å². The van der Waals surface area contributed by atoms with E-state index in [9.17, 15) is 0 Å². The predicted octanol–water partition coefficient (Wildman–Crippen LogP) is 1.32. The molecule has 1 aliphatic heterocycles. The summed E-state index contributed by atoms with van der Waals surface area (Å²) in [5, 5.41) is 0. The summed E-state index contributed by atoms with van der Waals surface area (Å²) in [7, 11) is 0. The van der Waals surface area contributed by atoms with Gasteiger partial charge in [0.2, 0.25) is 5.88 Å². The zero-order chi connectivity index (χ0) is 11.6. The van der Waals surface area contributed by atoms with Crippen LogP contribution in [0.1, 0.15) is 19.5 Å². The Balaban J connectivity index is 1.84. The maximum Gasteiger partial charge on any atom is 0.216 e. The highest BCUT2D eigenvalue weighted by Gasteiger charge is 2.32. The van der Waals surface area contributed by atoms with Gasteiger partial charge in [0.05, 0.1) is 6.61 Å². The topological polar surface area (TPSA) is 53.5 Å². The Morgan fingerprint density at radius 3 is 2.94 bits per heavy atom. The quantitative estimate of drug-likeness (QED) is 0.775. The van der Waals surface area contributed by atoms with Crippen molar-refractivity contribution in [1.29, 1.82) is 0 Å². The van der Waals surface area contributed by atoms with Gasteiger partial charge in [-0.2, -0.15) is 0 Å². The van der Waals surface area contributed by atoms with Crippen LogP contribution < -0.4 is 4.74 Å². The molecular weight excluding hydrogens is 208 g/mol. The first-order valence-corrected chi connectivity index (χ1v) is 5.28. The predicted molar refractivity (Wildman–Crippen MR) is 57.2 cm³/mol. The van der Waals surface area contributed by atoms with Crippen LogP contribution in [0.4, 0.5) is 0 Å². The third-order valence-electron chi connectivity index (χ3n) is 2.26. The molecule has 1 aromatic rings. The van der Waals surface area contributed by atoms with E-state index in [2.05, 4.69) is 9.97 Å². The first-order chi connectivity index (χ1) is 7.55. The second-order valence-corrected chi connectivity index (χ2v) is 4.26. The fourth-order valence-electron chi connectivity index (χ4n) is 1.53. The Hall–Kier alpha value is -1.20. The maximum atomic E-state index is 5.61. The summed E-state index contributed by atoms with van der Waals surface area (Å²) in [4.78, 5) is 8.00. The lowest BCUT2D eigenvalue weighted by atomic mass is 10.4. The van der Waals surface area contributed by atoms with Gasteiger partial charge in [0.25, 0.3) is 0 Å². The van der Waals surface area contributed by atoms with Gasteiger partial charge in [0.1, 0.15) is 19.0 Å². The first-order valence-electron chi connectivity index (χ1n) is 5.28. The minimum atomic E-state index is -0.504. The van der Waals surface area contributed by atoms with Crippen LogP contribution in [0.25, 0.3) is 0 Å². The lowest BCUT2D eigenvalue weighted by Crippen LogP contribution is -2.25. The van der Waals surface area contributed by atoms with Crippen LogP contribution in [-0.4, -0.2) is 35.1 Å². The summed E-state index contributed by atoms with van der Waals surface area (Å²) in [6.07, 6.45) is 1.45. The van der Waals surface area contributed by atoms with Gasteiger partial charge in [-0.1, -0.05) is 0 Å². The molecule has 1 atom stereocenters. The van der Waals surface area contributed by atoms with E-state index < -0.39 is 5.79 Å². The average molecular weight is 224 g/mol. The van der Waals surface area contributed by atoms with Crippen LogP contribution in [0.15, 0.2) is 12.4 Å². The molecule has 0 aliphatic carbocycles. The fraction of sp³-hybridized carbons (Fsp3) is 0.636.